The number of para-hydroxylation sites is 1. The number of amides is 1. The Morgan fingerprint density at radius 1 is 1.15 bits per heavy atom. The third-order valence-electron chi connectivity index (χ3n) is 3.31. The van der Waals surface area contributed by atoms with Crippen LogP contribution < -0.4 is 5.32 Å². The fourth-order valence-corrected chi connectivity index (χ4v) is 2.19. The Hall–Kier alpha value is -2.62. The maximum atomic E-state index is 12.3. The smallest absolute Gasteiger partial charge is 0.255 e. The highest BCUT2D eigenvalue weighted by Gasteiger charge is 2.11. The molecule has 0 aliphatic heterocycles. The number of nitrogens with one attached hydrogen (secondary N) is 1. The summed E-state index contributed by atoms with van der Waals surface area (Å²) in [5.41, 5.74) is 4.85. The molecule has 0 bridgehead atoms. The summed E-state index contributed by atoms with van der Waals surface area (Å²) < 4.78 is 5.22. The molecule has 1 heterocycles. The lowest BCUT2D eigenvalue weighted by molar-refractivity contribution is 0.102. The molecule has 2 aromatic carbocycles. The summed E-state index contributed by atoms with van der Waals surface area (Å²) in [5, 5.41) is 2.95. The van der Waals surface area contributed by atoms with Gasteiger partial charge in [0.15, 0.2) is 12.0 Å². The van der Waals surface area contributed by atoms with Crippen LogP contribution in [-0.4, -0.2) is 10.9 Å². The molecule has 100 valence electrons. The van der Waals surface area contributed by atoms with Gasteiger partial charge in [0.05, 0.1) is 0 Å². The molecule has 0 atom stereocenters. The minimum Gasteiger partial charge on any atom is -0.443 e. The van der Waals surface area contributed by atoms with Gasteiger partial charge in [-0.25, -0.2) is 4.98 Å². The number of hydrogen-bond acceptors (Lipinski definition) is 3. The van der Waals surface area contributed by atoms with Crippen LogP contribution in [0.3, 0.4) is 0 Å². The predicted octanol–water partition coefficient (Wildman–Crippen LogP) is 3.70. The monoisotopic (exact) mass is 266 g/mol. The molecule has 0 radical (unpaired) electrons. The highest BCUT2D eigenvalue weighted by atomic mass is 16.3. The number of benzene rings is 2. The van der Waals surface area contributed by atoms with Crippen LogP contribution in [0.1, 0.15) is 21.5 Å². The largest absolute Gasteiger partial charge is 0.443 e. The Morgan fingerprint density at radius 2 is 1.90 bits per heavy atom. The van der Waals surface area contributed by atoms with Gasteiger partial charge in [0.1, 0.15) is 5.52 Å². The van der Waals surface area contributed by atoms with Crippen molar-refractivity contribution in [1.29, 1.82) is 0 Å². The van der Waals surface area contributed by atoms with Gasteiger partial charge in [-0.15, -0.1) is 0 Å². The Kier molecular flexibility index (Phi) is 2.99. The fourth-order valence-electron chi connectivity index (χ4n) is 2.19. The maximum absolute atomic E-state index is 12.3. The van der Waals surface area contributed by atoms with E-state index in [1.807, 2.05) is 32.0 Å². The average Bonchev–Trinajstić information content (AvgIpc) is 2.90. The summed E-state index contributed by atoms with van der Waals surface area (Å²) in [6.45, 7) is 3.95. The molecule has 0 unspecified atom stereocenters. The van der Waals surface area contributed by atoms with Crippen LogP contribution in [0, 0.1) is 13.8 Å². The molecule has 0 saturated carbocycles. The van der Waals surface area contributed by atoms with E-state index in [4.69, 9.17) is 4.42 Å². The van der Waals surface area contributed by atoms with E-state index in [9.17, 15) is 4.79 Å². The predicted molar refractivity (Wildman–Crippen MR) is 77.9 cm³/mol. The molecular formula is C16H14N2O2. The fraction of sp³-hybridized carbons (Fsp3) is 0.125. The van der Waals surface area contributed by atoms with Crippen molar-refractivity contribution >= 4 is 22.7 Å². The van der Waals surface area contributed by atoms with Crippen molar-refractivity contribution in [1.82, 2.24) is 4.98 Å². The number of oxazole rings is 1. The Morgan fingerprint density at radius 3 is 2.65 bits per heavy atom. The molecule has 1 aromatic heterocycles. The van der Waals surface area contributed by atoms with E-state index >= 15 is 0 Å². The number of aryl methyl sites for hydroxylation is 2. The Balaban J connectivity index is 1.92. The lowest BCUT2D eigenvalue weighted by atomic mass is 10.1. The van der Waals surface area contributed by atoms with E-state index < -0.39 is 0 Å². The first kappa shape index (κ1) is 12.4. The topological polar surface area (TPSA) is 55.1 Å². The van der Waals surface area contributed by atoms with Crippen molar-refractivity contribution in [2.75, 3.05) is 5.32 Å². The number of rotatable bonds is 2. The quantitative estimate of drug-likeness (QED) is 0.769. The van der Waals surface area contributed by atoms with Gasteiger partial charge in [-0.3, -0.25) is 4.79 Å². The first-order chi connectivity index (χ1) is 9.65. The number of carbonyl (C=O) groups excluding carboxylic acids is 1. The molecule has 1 N–H and O–H groups in total. The van der Waals surface area contributed by atoms with Crippen molar-refractivity contribution < 1.29 is 9.21 Å². The molecular weight excluding hydrogens is 252 g/mol. The van der Waals surface area contributed by atoms with E-state index in [0.717, 1.165) is 22.3 Å². The van der Waals surface area contributed by atoms with Crippen LogP contribution in [0.4, 0.5) is 5.69 Å². The summed E-state index contributed by atoms with van der Waals surface area (Å²) >= 11 is 0. The third-order valence-corrected chi connectivity index (χ3v) is 3.31. The van der Waals surface area contributed by atoms with Crippen LogP contribution in [0.5, 0.6) is 0 Å². The number of aromatic nitrogens is 1. The summed E-state index contributed by atoms with van der Waals surface area (Å²) in [7, 11) is 0. The van der Waals surface area contributed by atoms with Crippen LogP contribution in [0.25, 0.3) is 11.1 Å². The molecule has 0 fully saturated rings. The minimum atomic E-state index is -0.152. The average molecular weight is 266 g/mol. The minimum absolute atomic E-state index is 0.152. The van der Waals surface area contributed by atoms with Gasteiger partial charge < -0.3 is 9.73 Å². The zero-order chi connectivity index (χ0) is 14.1. The van der Waals surface area contributed by atoms with E-state index in [-0.39, 0.29) is 5.91 Å². The summed E-state index contributed by atoms with van der Waals surface area (Å²) in [4.78, 5) is 16.3. The summed E-state index contributed by atoms with van der Waals surface area (Å²) in [6.07, 6.45) is 1.37. The first-order valence-electron chi connectivity index (χ1n) is 6.36. The standard InChI is InChI=1S/C16H14N2O2/c1-10-4-3-5-11(2)15(10)18-16(19)12-6-7-13-14(8-12)20-9-17-13/h3-9H,1-2H3,(H,18,19). The van der Waals surface area contributed by atoms with E-state index in [1.54, 1.807) is 18.2 Å². The molecule has 0 aliphatic carbocycles. The Bertz CT molecular complexity index is 770. The summed E-state index contributed by atoms with van der Waals surface area (Å²) in [5.74, 6) is -0.152. The van der Waals surface area contributed by atoms with Crippen LogP contribution >= 0.6 is 0 Å². The second-order valence-electron chi connectivity index (χ2n) is 4.76. The van der Waals surface area contributed by atoms with Crippen LogP contribution in [0.2, 0.25) is 0 Å². The van der Waals surface area contributed by atoms with Gasteiger partial charge in [0, 0.05) is 11.3 Å². The molecule has 3 aromatic rings. The zero-order valence-corrected chi connectivity index (χ0v) is 11.3. The molecule has 1 amide bonds. The van der Waals surface area contributed by atoms with Crippen molar-refractivity contribution in [2.24, 2.45) is 0 Å². The van der Waals surface area contributed by atoms with Crippen molar-refractivity contribution in [2.45, 2.75) is 13.8 Å². The lowest BCUT2D eigenvalue weighted by Crippen LogP contribution is -2.13. The van der Waals surface area contributed by atoms with Crippen molar-refractivity contribution in [3.05, 3.63) is 59.5 Å². The van der Waals surface area contributed by atoms with Gasteiger partial charge in [-0.1, -0.05) is 18.2 Å². The number of anilines is 1. The SMILES string of the molecule is Cc1cccc(C)c1NC(=O)c1ccc2ncoc2c1. The summed E-state index contributed by atoms with van der Waals surface area (Å²) in [6, 6.07) is 11.1. The highest BCUT2D eigenvalue weighted by molar-refractivity contribution is 6.06. The zero-order valence-electron chi connectivity index (χ0n) is 11.3. The van der Waals surface area contributed by atoms with Crippen LogP contribution in [-0.2, 0) is 0 Å². The Labute approximate surface area is 116 Å². The maximum Gasteiger partial charge on any atom is 0.255 e. The highest BCUT2D eigenvalue weighted by Crippen LogP contribution is 2.21. The molecule has 4 nitrogen and oxygen atoms in total. The molecule has 20 heavy (non-hydrogen) atoms. The second kappa shape index (κ2) is 4.81. The number of hydrogen-bond donors (Lipinski definition) is 1. The van der Waals surface area contributed by atoms with Gasteiger partial charge in [-0.2, -0.15) is 0 Å². The van der Waals surface area contributed by atoms with E-state index in [0.29, 0.717) is 11.1 Å². The van der Waals surface area contributed by atoms with E-state index in [1.165, 1.54) is 6.39 Å². The molecule has 3 rings (SSSR count). The number of carbonyl (C=O) groups is 1. The normalized spacial score (nSPS) is 10.7. The second-order valence-corrected chi connectivity index (χ2v) is 4.76. The number of fused-ring (bicyclic) bond motifs is 1. The number of nitrogens with zero attached hydrogens (tertiary/aromatic N) is 1. The third kappa shape index (κ3) is 2.16. The van der Waals surface area contributed by atoms with Crippen LogP contribution in [0.15, 0.2) is 47.2 Å². The lowest BCUT2D eigenvalue weighted by Gasteiger charge is -2.11. The van der Waals surface area contributed by atoms with Gasteiger partial charge >= 0.3 is 0 Å². The first-order valence-corrected chi connectivity index (χ1v) is 6.36. The molecule has 0 spiro atoms. The van der Waals surface area contributed by atoms with Gasteiger partial charge in [0.2, 0.25) is 0 Å². The van der Waals surface area contributed by atoms with Gasteiger partial charge in [-0.05, 0) is 43.2 Å². The molecule has 0 aliphatic rings. The van der Waals surface area contributed by atoms with Crippen molar-refractivity contribution in [3.63, 3.8) is 0 Å². The van der Waals surface area contributed by atoms with E-state index in [2.05, 4.69) is 10.3 Å². The molecule has 4 heteroatoms. The molecule has 0 saturated heterocycles. The van der Waals surface area contributed by atoms with Gasteiger partial charge in [0.25, 0.3) is 5.91 Å². The van der Waals surface area contributed by atoms with Crippen molar-refractivity contribution in [3.8, 4) is 0 Å².